The third-order valence-corrected chi connectivity index (χ3v) is 19.8. The van der Waals surface area contributed by atoms with Crippen LogP contribution in [0.4, 0.5) is 0 Å². The van der Waals surface area contributed by atoms with Crippen molar-refractivity contribution in [2.75, 3.05) is 0 Å². The number of hydrogen-bond acceptors (Lipinski definition) is 0. The van der Waals surface area contributed by atoms with Crippen molar-refractivity contribution in [3.05, 3.63) is 291 Å². The molecule has 0 spiro atoms. The van der Waals surface area contributed by atoms with Gasteiger partial charge in [-0.05, 0) is 220 Å². The minimum absolute atomic E-state index is 1.23. The second-order valence-corrected chi connectivity index (χ2v) is 23.9. The van der Waals surface area contributed by atoms with Crippen molar-refractivity contribution >= 4 is 118 Å². The van der Waals surface area contributed by atoms with E-state index < -0.39 is 0 Å². The highest BCUT2D eigenvalue weighted by atomic mass is 14.4. The lowest BCUT2D eigenvalue weighted by Crippen LogP contribution is -1.93. The highest BCUT2D eigenvalue weighted by Crippen LogP contribution is 2.61. The minimum atomic E-state index is 1.23. The molecule has 0 bridgehead atoms. The Labute approximate surface area is 495 Å². The SMILES string of the molecule is c1ccc(-c2ccccc2-c2ccc3c4cc5c(-c6ccccc6)c6c7ccc8c9ccc%10c%11c(ccc(c%12ccc(c6c(-c6ccccc6)c5cc4c4cccc2c43)c7c%128)c%119)-c2c-%10c(-c3ccccc3)c3ccccc3c2-c2ccccc2)cc1. The molecule has 20 rings (SSSR count). The van der Waals surface area contributed by atoms with Gasteiger partial charge in [0.1, 0.15) is 0 Å². The van der Waals surface area contributed by atoms with Crippen LogP contribution in [0.15, 0.2) is 291 Å². The largest absolute Gasteiger partial charge is 0.0622 e. The second-order valence-electron chi connectivity index (χ2n) is 23.9. The van der Waals surface area contributed by atoms with E-state index in [-0.39, 0.29) is 0 Å². The summed E-state index contributed by atoms with van der Waals surface area (Å²) in [5.74, 6) is 0. The molecule has 0 heterocycles. The summed E-state index contributed by atoms with van der Waals surface area (Å²) < 4.78 is 0. The van der Waals surface area contributed by atoms with E-state index in [1.54, 1.807) is 0 Å². The maximum absolute atomic E-state index is 2.57. The maximum Gasteiger partial charge on any atom is -0.000740 e. The van der Waals surface area contributed by atoms with Gasteiger partial charge in [0.25, 0.3) is 0 Å². The fraction of sp³-hybridized carbons (Fsp3) is 0. The van der Waals surface area contributed by atoms with Gasteiger partial charge in [0.2, 0.25) is 0 Å². The van der Waals surface area contributed by atoms with Gasteiger partial charge >= 0.3 is 0 Å². The fourth-order valence-electron chi connectivity index (χ4n) is 16.5. The summed E-state index contributed by atoms with van der Waals surface area (Å²) in [6, 6.07) is 110. The first-order valence-electron chi connectivity index (χ1n) is 30.2. The molecule has 0 N–H and O–H groups in total. The summed E-state index contributed by atoms with van der Waals surface area (Å²) in [7, 11) is 0. The Morgan fingerprint density at radius 2 is 0.442 bits per heavy atom. The molecule has 0 radical (unpaired) electrons. The third-order valence-electron chi connectivity index (χ3n) is 19.8. The summed E-state index contributed by atoms with van der Waals surface area (Å²) in [5.41, 5.74) is 20.4. The van der Waals surface area contributed by atoms with Crippen LogP contribution in [0, 0.1) is 0 Å². The van der Waals surface area contributed by atoms with Crippen molar-refractivity contribution in [2.24, 2.45) is 0 Å². The molecular weight excluding hydrogens is 1030 g/mol. The van der Waals surface area contributed by atoms with Gasteiger partial charge in [-0.1, -0.05) is 279 Å². The Morgan fingerprint density at radius 1 is 0.116 bits per heavy atom. The first kappa shape index (κ1) is 46.3. The first-order valence-corrected chi connectivity index (χ1v) is 30.2. The van der Waals surface area contributed by atoms with E-state index in [2.05, 4.69) is 291 Å². The molecule has 0 nitrogen and oxygen atoms in total. The van der Waals surface area contributed by atoms with Crippen LogP contribution in [0.1, 0.15) is 0 Å². The summed E-state index contributed by atoms with van der Waals surface area (Å²) in [6.07, 6.45) is 0. The number of hydrogen-bond donors (Lipinski definition) is 0. The summed E-state index contributed by atoms with van der Waals surface area (Å²) in [6.45, 7) is 0. The van der Waals surface area contributed by atoms with Crippen LogP contribution in [-0.2, 0) is 0 Å². The molecule has 0 unspecified atom stereocenters. The maximum atomic E-state index is 2.57. The monoisotopic (exact) mass is 1080 g/mol. The van der Waals surface area contributed by atoms with E-state index in [4.69, 9.17) is 0 Å². The number of rotatable bonds is 6. The van der Waals surface area contributed by atoms with Crippen molar-refractivity contribution < 1.29 is 0 Å². The molecule has 86 heavy (non-hydrogen) atoms. The van der Waals surface area contributed by atoms with Gasteiger partial charge in [-0.3, -0.25) is 0 Å². The molecule has 0 heteroatoms. The van der Waals surface area contributed by atoms with Gasteiger partial charge in [-0.2, -0.15) is 0 Å². The Kier molecular flexibility index (Phi) is 9.27. The normalized spacial score (nSPS) is 12.4. The molecule has 0 atom stereocenters. The lowest BCUT2D eigenvalue weighted by atomic mass is 9.82. The molecular formula is C86H48. The van der Waals surface area contributed by atoms with E-state index in [9.17, 15) is 0 Å². The Balaban J connectivity index is 0.899. The molecule has 1 aliphatic carbocycles. The molecule has 19 aromatic rings. The van der Waals surface area contributed by atoms with Crippen LogP contribution in [-0.4, -0.2) is 0 Å². The van der Waals surface area contributed by atoms with Crippen LogP contribution in [0.25, 0.3) is 208 Å². The van der Waals surface area contributed by atoms with Crippen molar-refractivity contribution in [3.63, 3.8) is 0 Å². The van der Waals surface area contributed by atoms with Gasteiger partial charge < -0.3 is 0 Å². The summed E-state index contributed by atoms with van der Waals surface area (Å²) in [5, 5.41) is 28.7. The van der Waals surface area contributed by atoms with Crippen molar-refractivity contribution in [1.82, 2.24) is 0 Å². The second kappa shape index (κ2) is 17.2. The third kappa shape index (κ3) is 6.02. The van der Waals surface area contributed by atoms with Gasteiger partial charge in [0.15, 0.2) is 0 Å². The van der Waals surface area contributed by atoms with E-state index in [1.807, 2.05) is 0 Å². The molecule has 0 fully saturated rings. The number of benzene rings is 17. The quantitative estimate of drug-likeness (QED) is 0.115. The molecule has 0 saturated carbocycles. The molecule has 392 valence electrons. The smallest absolute Gasteiger partial charge is 0.000740 e. The zero-order chi connectivity index (χ0) is 55.9. The standard InChI is InChI=1S/C86H48/c1-6-21-49(22-7-1)54-31-16-17-32-55(54)56-37-38-65-71-48-73-72(47-70(71)60-36-20-35-57(56)78(60)65)76(52-27-12-4-13-28-52)85-68-45-41-63-61-39-43-66-81-67(44-40-62(79(61)81)64-42-46-69(82(68)80(63)64)86(85)77(73)53-29-14-5-15-30-53)84-75(51-25-10-3-11-26-51)59-34-19-18-33-58(59)74(83(66)84)50-23-8-2-9-24-50/h1-48H. The van der Waals surface area contributed by atoms with Gasteiger partial charge in [-0.25, -0.2) is 0 Å². The lowest BCUT2D eigenvalue weighted by molar-refractivity contribution is 1.60. The van der Waals surface area contributed by atoms with Crippen LogP contribution in [0.5, 0.6) is 0 Å². The predicted molar refractivity (Wildman–Crippen MR) is 370 cm³/mol. The van der Waals surface area contributed by atoms with Gasteiger partial charge in [0, 0.05) is 0 Å². The average molecular weight is 1080 g/mol. The zero-order valence-corrected chi connectivity index (χ0v) is 46.7. The Bertz CT molecular complexity index is 5770. The molecule has 19 aromatic carbocycles. The van der Waals surface area contributed by atoms with Crippen molar-refractivity contribution in [3.8, 4) is 89.0 Å². The van der Waals surface area contributed by atoms with Gasteiger partial charge in [-0.15, -0.1) is 0 Å². The molecule has 0 aromatic heterocycles. The van der Waals surface area contributed by atoms with E-state index in [1.165, 1.54) is 208 Å². The van der Waals surface area contributed by atoms with Crippen molar-refractivity contribution in [2.45, 2.75) is 0 Å². The molecule has 0 amide bonds. The molecule has 1 aliphatic rings. The Morgan fingerprint density at radius 3 is 0.930 bits per heavy atom. The van der Waals surface area contributed by atoms with Crippen LogP contribution >= 0.6 is 0 Å². The number of fused-ring (bicyclic) bond motifs is 13. The Hall–Kier alpha value is -11.2. The highest BCUT2D eigenvalue weighted by molar-refractivity contribution is 6.48. The van der Waals surface area contributed by atoms with E-state index in [0.29, 0.717) is 0 Å². The lowest BCUT2D eigenvalue weighted by Gasteiger charge is -2.20. The highest BCUT2D eigenvalue weighted by Gasteiger charge is 2.33. The first-order chi connectivity index (χ1) is 42.7. The fourth-order valence-corrected chi connectivity index (χ4v) is 16.5. The van der Waals surface area contributed by atoms with Crippen LogP contribution in [0.3, 0.4) is 0 Å². The van der Waals surface area contributed by atoms with E-state index >= 15 is 0 Å². The van der Waals surface area contributed by atoms with Crippen molar-refractivity contribution in [1.29, 1.82) is 0 Å². The average Bonchev–Trinajstić information content (AvgIpc) is 1.56. The summed E-state index contributed by atoms with van der Waals surface area (Å²) in [4.78, 5) is 0. The molecule has 0 aliphatic heterocycles. The van der Waals surface area contributed by atoms with Gasteiger partial charge in [0.05, 0.1) is 0 Å². The predicted octanol–water partition coefficient (Wildman–Crippen LogP) is 24.3. The zero-order valence-electron chi connectivity index (χ0n) is 46.7. The van der Waals surface area contributed by atoms with Crippen LogP contribution in [0.2, 0.25) is 0 Å². The van der Waals surface area contributed by atoms with Crippen LogP contribution < -0.4 is 0 Å². The van der Waals surface area contributed by atoms with E-state index in [0.717, 1.165) is 0 Å². The topological polar surface area (TPSA) is 0 Å². The minimum Gasteiger partial charge on any atom is -0.0622 e. The molecule has 0 saturated heterocycles. The summed E-state index contributed by atoms with van der Waals surface area (Å²) >= 11 is 0.